The van der Waals surface area contributed by atoms with E-state index in [1.165, 1.54) is 0 Å². The molecule has 0 bridgehead atoms. The summed E-state index contributed by atoms with van der Waals surface area (Å²) in [6.07, 6.45) is -0.884. The van der Waals surface area contributed by atoms with Crippen LogP contribution in [0.5, 0.6) is 0 Å². The average molecular weight is 364 g/mol. The third-order valence-electron chi connectivity index (χ3n) is 4.87. The highest BCUT2D eigenvalue weighted by Gasteiger charge is 2.52. The van der Waals surface area contributed by atoms with E-state index in [1.807, 2.05) is 60.7 Å². The van der Waals surface area contributed by atoms with Gasteiger partial charge in [-0.25, -0.2) is 0 Å². The van der Waals surface area contributed by atoms with Crippen molar-refractivity contribution < 1.29 is 9.90 Å². The number of hydrogen-bond acceptors (Lipinski definition) is 2. The summed E-state index contributed by atoms with van der Waals surface area (Å²) in [5.74, 6) is -0.605. The lowest BCUT2D eigenvalue weighted by molar-refractivity contribution is -0.136. The van der Waals surface area contributed by atoms with E-state index in [0.717, 1.165) is 11.3 Å². The van der Waals surface area contributed by atoms with Crippen LogP contribution >= 0.6 is 11.6 Å². The molecule has 0 aliphatic carbocycles. The molecule has 0 aromatic heterocycles. The second-order valence-electron chi connectivity index (χ2n) is 6.42. The van der Waals surface area contributed by atoms with Crippen molar-refractivity contribution in [1.82, 2.24) is 0 Å². The van der Waals surface area contributed by atoms with Crippen molar-refractivity contribution in [3.05, 3.63) is 101 Å². The van der Waals surface area contributed by atoms with Gasteiger partial charge < -0.3 is 10.0 Å². The average Bonchev–Trinajstić information content (AvgIpc) is 2.68. The summed E-state index contributed by atoms with van der Waals surface area (Å²) in [7, 11) is 0. The maximum atomic E-state index is 13.0. The van der Waals surface area contributed by atoms with Crippen molar-refractivity contribution in [1.29, 1.82) is 0 Å². The maximum Gasteiger partial charge on any atom is 0.236 e. The summed E-state index contributed by atoms with van der Waals surface area (Å²) in [4.78, 5) is 14.7. The molecular weight excluding hydrogens is 346 g/mol. The molecule has 1 aliphatic rings. The summed E-state index contributed by atoms with van der Waals surface area (Å²) >= 11 is 5.94. The topological polar surface area (TPSA) is 40.5 Å². The fraction of sp³-hybridized carbons (Fsp3) is 0.136. The zero-order chi connectivity index (χ0) is 18.1. The monoisotopic (exact) mass is 363 g/mol. The number of amides is 1. The van der Waals surface area contributed by atoms with Crippen LogP contribution in [0.15, 0.2) is 84.9 Å². The van der Waals surface area contributed by atoms with Gasteiger partial charge in [-0.1, -0.05) is 72.3 Å². The van der Waals surface area contributed by atoms with E-state index < -0.39 is 12.0 Å². The van der Waals surface area contributed by atoms with Crippen LogP contribution in [0.3, 0.4) is 0 Å². The Bertz CT molecular complexity index is 896. The maximum absolute atomic E-state index is 13.0. The van der Waals surface area contributed by atoms with E-state index in [-0.39, 0.29) is 11.9 Å². The SMILES string of the molecule is O=C1C(C(O)c2ccc(Cl)cc2)C(c2ccccc2)N1c1ccccc1. The molecule has 4 heteroatoms. The Kier molecular flexibility index (Phi) is 4.49. The number of rotatable bonds is 4. The predicted octanol–water partition coefficient (Wildman–Crippen LogP) is 4.78. The molecule has 26 heavy (non-hydrogen) atoms. The summed E-state index contributed by atoms with van der Waals surface area (Å²) in [6.45, 7) is 0. The highest BCUT2D eigenvalue weighted by atomic mass is 35.5. The Balaban J connectivity index is 1.72. The number of nitrogens with zero attached hydrogens (tertiary/aromatic N) is 1. The minimum absolute atomic E-state index is 0.0764. The van der Waals surface area contributed by atoms with Gasteiger partial charge in [0.1, 0.15) is 0 Å². The number of carbonyl (C=O) groups excluding carboxylic acids is 1. The standard InChI is InChI=1S/C22H18ClNO2/c23-17-13-11-16(12-14-17)21(25)19-20(15-7-3-1-4-8-15)24(22(19)26)18-9-5-2-6-10-18/h1-14,19-21,25H. The van der Waals surface area contributed by atoms with Gasteiger partial charge in [0.25, 0.3) is 0 Å². The Labute approximate surface area is 157 Å². The summed E-state index contributed by atoms with van der Waals surface area (Å²) in [6, 6.07) is 26.2. The number of carbonyl (C=O) groups is 1. The molecule has 3 nitrogen and oxygen atoms in total. The van der Waals surface area contributed by atoms with Gasteiger partial charge in [0.05, 0.1) is 18.1 Å². The van der Waals surface area contributed by atoms with Crippen molar-refractivity contribution in [2.45, 2.75) is 12.1 Å². The second-order valence-corrected chi connectivity index (χ2v) is 6.86. The van der Waals surface area contributed by atoms with E-state index >= 15 is 0 Å². The fourth-order valence-corrected chi connectivity index (χ4v) is 3.70. The Hall–Kier alpha value is -2.62. The number of anilines is 1. The third-order valence-corrected chi connectivity index (χ3v) is 5.12. The molecule has 1 aliphatic heterocycles. The first-order valence-corrected chi connectivity index (χ1v) is 8.91. The molecular formula is C22H18ClNO2. The first-order valence-electron chi connectivity index (χ1n) is 8.53. The third kappa shape index (κ3) is 2.90. The number of β-lactam (4-membered cyclic amide) rings is 1. The van der Waals surface area contributed by atoms with E-state index in [1.54, 1.807) is 29.2 Å². The fourth-order valence-electron chi connectivity index (χ4n) is 3.57. The first kappa shape index (κ1) is 16.8. The Morgan fingerprint density at radius 1 is 0.846 bits per heavy atom. The van der Waals surface area contributed by atoms with Crippen LogP contribution in [0.25, 0.3) is 0 Å². The van der Waals surface area contributed by atoms with Gasteiger partial charge in [-0.05, 0) is 35.4 Å². The molecule has 1 fully saturated rings. The van der Waals surface area contributed by atoms with Gasteiger partial charge in [0.2, 0.25) is 5.91 Å². The minimum Gasteiger partial charge on any atom is -0.387 e. The van der Waals surface area contributed by atoms with Gasteiger partial charge in [-0.15, -0.1) is 0 Å². The molecule has 3 aromatic rings. The second kappa shape index (κ2) is 6.94. The van der Waals surface area contributed by atoms with Crippen molar-refractivity contribution in [3.63, 3.8) is 0 Å². The Morgan fingerprint density at radius 3 is 2.04 bits per heavy atom. The summed E-state index contributed by atoms with van der Waals surface area (Å²) in [5.41, 5.74) is 2.54. The van der Waals surface area contributed by atoms with E-state index in [2.05, 4.69) is 0 Å². The van der Waals surface area contributed by atoms with E-state index in [9.17, 15) is 9.90 Å². The molecule has 3 atom stereocenters. The molecule has 0 saturated carbocycles. The first-order chi connectivity index (χ1) is 12.7. The van der Waals surface area contributed by atoms with Crippen LogP contribution < -0.4 is 4.90 Å². The highest BCUT2D eigenvalue weighted by Crippen LogP contribution is 2.48. The lowest BCUT2D eigenvalue weighted by atomic mass is 9.76. The van der Waals surface area contributed by atoms with Crippen LogP contribution in [-0.4, -0.2) is 11.0 Å². The van der Waals surface area contributed by atoms with Crippen LogP contribution in [0, 0.1) is 5.92 Å². The van der Waals surface area contributed by atoms with Gasteiger partial charge in [-0.3, -0.25) is 4.79 Å². The highest BCUT2D eigenvalue weighted by molar-refractivity contribution is 6.30. The van der Waals surface area contributed by atoms with E-state index in [0.29, 0.717) is 10.6 Å². The quantitative estimate of drug-likeness (QED) is 0.678. The zero-order valence-electron chi connectivity index (χ0n) is 14.0. The predicted molar refractivity (Wildman–Crippen MR) is 103 cm³/mol. The number of aliphatic hydroxyl groups excluding tert-OH is 1. The smallest absolute Gasteiger partial charge is 0.236 e. The van der Waals surface area contributed by atoms with Crippen molar-refractivity contribution in [3.8, 4) is 0 Å². The van der Waals surface area contributed by atoms with Crippen molar-refractivity contribution >= 4 is 23.2 Å². The number of para-hydroxylation sites is 1. The lowest BCUT2D eigenvalue weighted by Crippen LogP contribution is -2.57. The number of halogens is 1. The molecule has 1 saturated heterocycles. The van der Waals surface area contributed by atoms with Gasteiger partial charge >= 0.3 is 0 Å². The van der Waals surface area contributed by atoms with Crippen LogP contribution in [0.4, 0.5) is 5.69 Å². The van der Waals surface area contributed by atoms with Crippen LogP contribution in [0.2, 0.25) is 5.02 Å². The Morgan fingerprint density at radius 2 is 1.42 bits per heavy atom. The molecule has 1 heterocycles. The van der Waals surface area contributed by atoms with Crippen molar-refractivity contribution in [2.24, 2.45) is 5.92 Å². The molecule has 3 unspecified atom stereocenters. The zero-order valence-corrected chi connectivity index (χ0v) is 14.8. The number of hydrogen-bond donors (Lipinski definition) is 1. The molecule has 130 valence electrons. The lowest BCUT2D eigenvalue weighted by Gasteiger charge is -2.49. The van der Waals surface area contributed by atoms with Crippen LogP contribution in [0.1, 0.15) is 23.3 Å². The summed E-state index contributed by atoms with van der Waals surface area (Å²) < 4.78 is 0. The summed E-state index contributed by atoms with van der Waals surface area (Å²) in [5, 5.41) is 11.5. The number of benzene rings is 3. The minimum atomic E-state index is -0.884. The largest absolute Gasteiger partial charge is 0.387 e. The van der Waals surface area contributed by atoms with Gasteiger partial charge in [0.15, 0.2) is 0 Å². The molecule has 4 rings (SSSR count). The molecule has 1 N–H and O–H groups in total. The molecule has 3 aromatic carbocycles. The van der Waals surface area contributed by atoms with Gasteiger partial charge in [0, 0.05) is 10.7 Å². The van der Waals surface area contributed by atoms with E-state index in [4.69, 9.17) is 11.6 Å². The van der Waals surface area contributed by atoms with Gasteiger partial charge in [-0.2, -0.15) is 0 Å². The normalized spacial score (nSPS) is 20.5. The van der Waals surface area contributed by atoms with Crippen LogP contribution in [-0.2, 0) is 4.79 Å². The van der Waals surface area contributed by atoms with Crippen molar-refractivity contribution in [2.75, 3.05) is 4.90 Å². The molecule has 0 radical (unpaired) electrons. The number of aliphatic hydroxyl groups is 1. The molecule has 1 amide bonds. The molecule has 0 spiro atoms.